The number of benzene rings is 8. The van der Waals surface area contributed by atoms with Crippen molar-refractivity contribution in [2.24, 2.45) is 0 Å². The first-order valence-electron chi connectivity index (χ1n) is 17.5. The molecule has 0 fully saturated rings. The normalized spacial score (nSPS) is 13.1. The second-order valence-electron chi connectivity index (χ2n) is 14.0. The number of hydrogen-bond acceptors (Lipinski definition) is 3. The molecule has 0 saturated carbocycles. The van der Waals surface area contributed by atoms with Crippen molar-refractivity contribution in [2.75, 3.05) is 4.90 Å². The van der Waals surface area contributed by atoms with Crippen LogP contribution in [-0.4, -0.2) is 15.0 Å². The van der Waals surface area contributed by atoms with Crippen molar-refractivity contribution in [1.29, 1.82) is 0 Å². The van der Waals surface area contributed by atoms with Gasteiger partial charge in [0, 0.05) is 27.9 Å². The average molecular weight is 655 g/mol. The van der Waals surface area contributed by atoms with Crippen LogP contribution in [0.25, 0.3) is 60.5 Å². The van der Waals surface area contributed by atoms with E-state index in [1.807, 2.05) is 30.3 Å². The predicted molar refractivity (Wildman–Crippen MR) is 212 cm³/mol. The molecule has 4 heteroatoms. The maximum atomic E-state index is 5.01. The van der Waals surface area contributed by atoms with Gasteiger partial charge in [0.1, 0.15) is 11.0 Å². The van der Waals surface area contributed by atoms with Gasteiger partial charge in [-0.25, -0.2) is 0 Å². The summed E-state index contributed by atoms with van der Waals surface area (Å²) in [5.74, 6) is 0. The quantitative estimate of drug-likeness (QED) is 0.173. The van der Waals surface area contributed by atoms with E-state index in [1.54, 1.807) is 4.80 Å². The van der Waals surface area contributed by atoms with Crippen LogP contribution in [0.2, 0.25) is 0 Å². The first kappa shape index (κ1) is 29.4. The Morgan fingerprint density at radius 3 is 2.02 bits per heavy atom. The largest absolute Gasteiger partial charge is 0.310 e. The molecule has 1 aliphatic carbocycles. The molecular formula is C47H34N4. The zero-order valence-electron chi connectivity index (χ0n) is 28.5. The number of fused-ring (bicyclic) bond motifs is 8. The molecular weight excluding hydrogens is 621 g/mol. The monoisotopic (exact) mass is 654 g/mol. The lowest BCUT2D eigenvalue weighted by Crippen LogP contribution is -2.15. The summed E-state index contributed by atoms with van der Waals surface area (Å²) in [5.41, 5.74) is 13.7. The molecule has 0 unspecified atom stereocenters. The summed E-state index contributed by atoms with van der Waals surface area (Å²) in [6, 6.07) is 60.9. The number of para-hydroxylation sites is 2. The third-order valence-corrected chi connectivity index (χ3v) is 10.6. The van der Waals surface area contributed by atoms with Gasteiger partial charge in [0.25, 0.3) is 0 Å². The molecule has 4 nitrogen and oxygen atoms in total. The molecule has 8 aromatic carbocycles. The van der Waals surface area contributed by atoms with E-state index in [0.717, 1.165) is 55.7 Å². The van der Waals surface area contributed by atoms with E-state index in [2.05, 4.69) is 158 Å². The summed E-state index contributed by atoms with van der Waals surface area (Å²) < 4.78 is 0. The van der Waals surface area contributed by atoms with E-state index in [9.17, 15) is 0 Å². The molecule has 0 radical (unpaired) electrons. The molecule has 0 atom stereocenters. The Balaban J connectivity index is 1.12. The van der Waals surface area contributed by atoms with Gasteiger partial charge in [-0.15, -0.1) is 10.2 Å². The summed E-state index contributed by atoms with van der Waals surface area (Å²) in [6.45, 7) is 4.66. The van der Waals surface area contributed by atoms with Gasteiger partial charge in [0.15, 0.2) is 0 Å². The number of anilines is 3. The third kappa shape index (κ3) is 4.68. The van der Waals surface area contributed by atoms with Crippen molar-refractivity contribution in [3.63, 3.8) is 0 Å². The summed E-state index contributed by atoms with van der Waals surface area (Å²) in [5, 5.41) is 14.5. The molecule has 0 spiro atoms. The van der Waals surface area contributed by atoms with E-state index in [1.165, 1.54) is 33.0 Å². The second-order valence-corrected chi connectivity index (χ2v) is 14.0. The van der Waals surface area contributed by atoms with Crippen LogP contribution in [0.4, 0.5) is 17.1 Å². The van der Waals surface area contributed by atoms with E-state index < -0.39 is 0 Å². The van der Waals surface area contributed by atoms with E-state index >= 15 is 0 Å². The molecule has 51 heavy (non-hydrogen) atoms. The minimum atomic E-state index is -0.0382. The van der Waals surface area contributed by atoms with Crippen molar-refractivity contribution < 1.29 is 0 Å². The third-order valence-electron chi connectivity index (χ3n) is 10.6. The van der Waals surface area contributed by atoms with Crippen molar-refractivity contribution in [1.82, 2.24) is 15.0 Å². The smallest absolute Gasteiger partial charge is 0.122 e. The molecule has 1 heterocycles. The summed E-state index contributed by atoms with van der Waals surface area (Å²) in [4.78, 5) is 4.12. The van der Waals surface area contributed by atoms with Gasteiger partial charge in [-0.2, -0.15) is 4.80 Å². The van der Waals surface area contributed by atoms with E-state index in [0.29, 0.717) is 0 Å². The van der Waals surface area contributed by atoms with Crippen LogP contribution in [0, 0.1) is 0 Å². The summed E-state index contributed by atoms with van der Waals surface area (Å²) in [7, 11) is 0. The zero-order chi connectivity index (χ0) is 34.1. The zero-order valence-corrected chi connectivity index (χ0v) is 28.5. The highest BCUT2D eigenvalue weighted by Gasteiger charge is 2.35. The molecule has 1 aromatic heterocycles. The Labute approximate surface area is 296 Å². The SMILES string of the molecule is CC1(C)c2ccccc2-c2cc(N(c3ccccc3)c3cccc(-c4ccc5ccc6ccc7nn(-c8ccccc8)nc7c6c5c4)c3)ccc21. The van der Waals surface area contributed by atoms with Crippen molar-refractivity contribution in [3.05, 3.63) is 181 Å². The molecule has 1 aliphatic rings. The maximum Gasteiger partial charge on any atom is 0.122 e. The lowest BCUT2D eigenvalue weighted by molar-refractivity contribution is 0.660. The fraction of sp³-hybridized carbons (Fsp3) is 0.0638. The molecule has 242 valence electrons. The highest BCUT2D eigenvalue weighted by molar-refractivity contribution is 6.19. The van der Waals surface area contributed by atoms with Gasteiger partial charge in [-0.05, 0) is 110 Å². The van der Waals surface area contributed by atoms with E-state index in [4.69, 9.17) is 10.2 Å². The Morgan fingerprint density at radius 2 is 1.16 bits per heavy atom. The Bertz CT molecular complexity index is 2780. The number of rotatable bonds is 5. The van der Waals surface area contributed by atoms with Crippen molar-refractivity contribution in [3.8, 4) is 27.9 Å². The molecule has 0 amide bonds. The summed E-state index contributed by atoms with van der Waals surface area (Å²) >= 11 is 0. The first-order chi connectivity index (χ1) is 25.0. The maximum absolute atomic E-state index is 5.01. The van der Waals surface area contributed by atoms with Crippen LogP contribution in [0.5, 0.6) is 0 Å². The van der Waals surface area contributed by atoms with Crippen LogP contribution >= 0.6 is 0 Å². The molecule has 0 aliphatic heterocycles. The lowest BCUT2D eigenvalue weighted by Gasteiger charge is -2.27. The van der Waals surface area contributed by atoms with Gasteiger partial charge in [-0.1, -0.05) is 123 Å². The first-order valence-corrected chi connectivity index (χ1v) is 17.5. The van der Waals surface area contributed by atoms with Crippen molar-refractivity contribution >= 4 is 49.6 Å². The van der Waals surface area contributed by atoms with Gasteiger partial charge in [0.2, 0.25) is 0 Å². The Morgan fingerprint density at radius 1 is 0.490 bits per heavy atom. The van der Waals surface area contributed by atoms with Crippen LogP contribution < -0.4 is 4.90 Å². The molecule has 9 aromatic rings. The fourth-order valence-electron chi connectivity index (χ4n) is 8.07. The summed E-state index contributed by atoms with van der Waals surface area (Å²) in [6.07, 6.45) is 0. The Kier molecular flexibility index (Phi) is 6.49. The van der Waals surface area contributed by atoms with Gasteiger partial charge >= 0.3 is 0 Å². The second kappa shape index (κ2) is 11.3. The van der Waals surface area contributed by atoms with Crippen LogP contribution in [0.1, 0.15) is 25.0 Å². The average Bonchev–Trinajstić information content (AvgIpc) is 3.72. The Hall–Kier alpha value is -6.52. The number of hydrogen-bond donors (Lipinski definition) is 0. The highest BCUT2D eigenvalue weighted by atomic mass is 15.5. The standard InChI is InChI=1S/C47H34N4/c1-47(2)42-19-10-9-18-39(42)41-30-38(25-26-43(41)47)50(35-13-5-3-6-14-35)37-17-11-12-33(28-37)34-23-21-31-20-22-32-24-27-44-46(45(32)40(31)29-34)49-51(48-44)36-15-7-4-8-16-36/h3-30H,1-2H3. The van der Waals surface area contributed by atoms with Gasteiger partial charge in [-0.3, -0.25) is 0 Å². The van der Waals surface area contributed by atoms with Crippen molar-refractivity contribution in [2.45, 2.75) is 19.3 Å². The van der Waals surface area contributed by atoms with Crippen LogP contribution in [-0.2, 0) is 5.41 Å². The van der Waals surface area contributed by atoms with Crippen LogP contribution in [0.3, 0.4) is 0 Å². The predicted octanol–water partition coefficient (Wildman–Crippen LogP) is 12.2. The van der Waals surface area contributed by atoms with E-state index in [-0.39, 0.29) is 5.41 Å². The van der Waals surface area contributed by atoms with Gasteiger partial charge < -0.3 is 4.90 Å². The highest BCUT2D eigenvalue weighted by Crippen LogP contribution is 2.50. The fourth-order valence-corrected chi connectivity index (χ4v) is 8.07. The number of nitrogens with zero attached hydrogens (tertiary/aromatic N) is 4. The van der Waals surface area contributed by atoms with Gasteiger partial charge in [0.05, 0.1) is 5.69 Å². The molecule has 0 bridgehead atoms. The molecule has 10 rings (SSSR count). The molecule has 0 N–H and O–H groups in total. The minimum Gasteiger partial charge on any atom is -0.310 e. The number of aromatic nitrogens is 3. The molecule has 0 saturated heterocycles. The topological polar surface area (TPSA) is 34.0 Å². The van der Waals surface area contributed by atoms with Crippen LogP contribution in [0.15, 0.2) is 170 Å². The lowest BCUT2D eigenvalue weighted by atomic mass is 9.82. The minimum absolute atomic E-state index is 0.0382.